The van der Waals surface area contributed by atoms with Gasteiger partial charge in [-0.15, -0.1) is 0 Å². The third kappa shape index (κ3) is 6.31. The molecule has 0 bridgehead atoms. The summed E-state index contributed by atoms with van der Waals surface area (Å²) in [6, 6.07) is 9.85. The van der Waals surface area contributed by atoms with Gasteiger partial charge in [0.15, 0.2) is 11.5 Å². The lowest BCUT2D eigenvalue weighted by Crippen LogP contribution is -2.43. The highest BCUT2D eigenvalue weighted by Crippen LogP contribution is 2.39. The van der Waals surface area contributed by atoms with Gasteiger partial charge in [0.05, 0.1) is 19.8 Å². The molecule has 0 fully saturated rings. The molecule has 0 heterocycles. The Labute approximate surface area is 170 Å². The van der Waals surface area contributed by atoms with Gasteiger partial charge in [0, 0.05) is 11.3 Å². The van der Waals surface area contributed by atoms with Crippen LogP contribution in [0.4, 0.5) is 10.5 Å². The zero-order valence-electron chi connectivity index (χ0n) is 17.1. The molecule has 29 heavy (non-hydrogen) atoms. The zero-order valence-corrected chi connectivity index (χ0v) is 17.1. The van der Waals surface area contributed by atoms with E-state index in [2.05, 4.69) is 16.2 Å². The van der Waals surface area contributed by atoms with Gasteiger partial charge in [-0.2, -0.15) is 0 Å². The molecule has 0 saturated heterocycles. The predicted octanol–water partition coefficient (Wildman–Crippen LogP) is 3.66. The summed E-state index contributed by atoms with van der Waals surface area (Å²) in [5.74, 6) is 0.719. The van der Waals surface area contributed by atoms with Gasteiger partial charge in [-0.3, -0.25) is 10.2 Å². The summed E-state index contributed by atoms with van der Waals surface area (Å²) >= 11 is 0. The first-order valence-electron chi connectivity index (χ1n) is 9.48. The van der Waals surface area contributed by atoms with Crippen LogP contribution in [0.15, 0.2) is 36.4 Å². The number of carbonyl (C=O) groups excluding carboxylic acids is 2. The van der Waals surface area contributed by atoms with Crippen LogP contribution >= 0.6 is 0 Å². The van der Waals surface area contributed by atoms with E-state index in [4.69, 9.17) is 14.2 Å². The van der Waals surface area contributed by atoms with Crippen molar-refractivity contribution in [2.45, 2.75) is 27.7 Å². The minimum Gasteiger partial charge on any atom is -0.490 e. The van der Waals surface area contributed by atoms with Gasteiger partial charge < -0.3 is 19.5 Å². The van der Waals surface area contributed by atoms with E-state index in [9.17, 15) is 9.59 Å². The minimum absolute atomic E-state index is 0.260. The van der Waals surface area contributed by atoms with Gasteiger partial charge in [0.2, 0.25) is 5.75 Å². The first kappa shape index (κ1) is 21.9. The smallest absolute Gasteiger partial charge is 0.337 e. The summed E-state index contributed by atoms with van der Waals surface area (Å²) in [7, 11) is 0. The normalized spacial score (nSPS) is 10.1. The summed E-state index contributed by atoms with van der Waals surface area (Å²) in [6.07, 6.45) is 0. The lowest BCUT2D eigenvalue weighted by atomic mass is 10.1. The van der Waals surface area contributed by atoms with Crippen LogP contribution < -0.4 is 30.4 Å². The summed E-state index contributed by atoms with van der Waals surface area (Å²) < 4.78 is 16.8. The SMILES string of the molecule is CCOc1cc(C(=O)NNC(=O)Nc2cccc(C)c2)cc(OCC)c1OCC. The second-order valence-electron chi connectivity index (χ2n) is 6.00. The van der Waals surface area contributed by atoms with Crippen LogP contribution in [-0.4, -0.2) is 31.8 Å². The van der Waals surface area contributed by atoms with Crippen molar-refractivity contribution < 1.29 is 23.8 Å². The zero-order chi connectivity index (χ0) is 21.2. The van der Waals surface area contributed by atoms with Crippen LogP contribution in [0, 0.1) is 6.92 Å². The van der Waals surface area contributed by atoms with Crippen molar-refractivity contribution in [3.63, 3.8) is 0 Å². The van der Waals surface area contributed by atoms with Crippen molar-refractivity contribution in [2.75, 3.05) is 25.1 Å². The molecule has 0 saturated carbocycles. The van der Waals surface area contributed by atoms with Gasteiger partial charge in [-0.1, -0.05) is 12.1 Å². The molecule has 2 rings (SSSR count). The Morgan fingerprint density at radius 3 is 2.03 bits per heavy atom. The molecule has 0 spiro atoms. The molecule has 2 aromatic rings. The molecule has 0 radical (unpaired) electrons. The number of rotatable bonds is 8. The van der Waals surface area contributed by atoms with Gasteiger partial charge in [-0.05, 0) is 57.5 Å². The highest BCUT2D eigenvalue weighted by molar-refractivity contribution is 5.98. The van der Waals surface area contributed by atoms with Gasteiger partial charge >= 0.3 is 6.03 Å². The second-order valence-corrected chi connectivity index (χ2v) is 6.00. The van der Waals surface area contributed by atoms with E-state index in [1.807, 2.05) is 45.9 Å². The average molecular weight is 401 g/mol. The Hall–Kier alpha value is -3.42. The lowest BCUT2D eigenvalue weighted by molar-refractivity contribution is 0.0936. The predicted molar refractivity (Wildman–Crippen MR) is 111 cm³/mol. The molecule has 8 nitrogen and oxygen atoms in total. The Morgan fingerprint density at radius 2 is 1.48 bits per heavy atom. The molecule has 0 aliphatic heterocycles. The van der Waals surface area contributed by atoms with Gasteiger partial charge in [-0.25, -0.2) is 10.2 Å². The van der Waals surface area contributed by atoms with Gasteiger partial charge in [0.25, 0.3) is 5.91 Å². The molecule has 3 amide bonds. The molecule has 3 N–H and O–H groups in total. The maximum atomic E-state index is 12.5. The van der Waals surface area contributed by atoms with E-state index in [-0.39, 0.29) is 5.56 Å². The van der Waals surface area contributed by atoms with E-state index < -0.39 is 11.9 Å². The second kappa shape index (κ2) is 10.8. The van der Waals surface area contributed by atoms with E-state index >= 15 is 0 Å². The molecular formula is C21H27N3O5. The Bertz CT molecular complexity index is 827. The number of aryl methyl sites for hydroxylation is 1. The topological polar surface area (TPSA) is 97.9 Å². The van der Waals surface area contributed by atoms with Crippen LogP contribution in [0.3, 0.4) is 0 Å². The number of ether oxygens (including phenoxy) is 3. The number of hydrogen-bond donors (Lipinski definition) is 3. The summed E-state index contributed by atoms with van der Waals surface area (Å²) in [6.45, 7) is 8.65. The van der Waals surface area contributed by atoms with Crippen molar-refractivity contribution >= 4 is 17.6 Å². The number of benzene rings is 2. The molecule has 2 aromatic carbocycles. The molecular weight excluding hydrogens is 374 g/mol. The van der Waals surface area contributed by atoms with Crippen molar-refractivity contribution in [3.8, 4) is 17.2 Å². The molecule has 0 aliphatic carbocycles. The molecule has 156 valence electrons. The first-order valence-corrected chi connectivity index (χ1v) is 9.48. The maximum absolute atomic E-state index is 12.5. The van der Waals surface area contributed by atoms with E-state index in [0.717, 1.165) is 5.56 Å². The average Bonchev–Trinajstić information content (AvgIpc) is 2.68. The van der Waals surface area contributed by atoms with Crippen LogP contribution in [-0.2, 0) is 0 Å². The number of hydrazine groups is 1. The Balaban J connectivity index is 2.11. The number of hydrogen-bond acceptors (Lipinski definition) is 5. The minimum atomic E-state index is -0.565. The number of carbonyl (C=O) groups is 2. The van der Waals surface area contributed by atoms with Crippen molar-refractivity contribution in [1.29, 1.82) is 0 Å². The maximum Gasteiger partial charge on any atom is 0.337 e. The molecule has 0 aliphatic rings. The fraction of sp³-hybridized carbons (Fsp3) is 0.333. The van der Waals surface area contributed by atoms with Crippen molar-refractivity contribution in [2.24, 2.45) is 0 Å². The number of nitrogens with one attached hydrogen (secondary N) is 3. The third-order valence-electron chi connectivity index (χ3n) is 3.74. The monoisotopic (exact) mass is 401 g/mol. The van der Waals surface area contributed by atoms with E-state index in [0.29, 0.717) is 42.8 Å². The largest absolute Gasteiger partial charge is 0.490 e. The van der Waals surface area contributed by atoms with E-state index in [1.165, 1.54) is 0 Å². The first-order chi connectivity index (χ1) is 14.0. The third-order valence-corrected chi connectivity index (χ3v) is 3.74. The van der Waals surface area contributed by atoms with E-state index in [1.54, 1.807) is 18.2 Å². The van der Waals surface area contributed by atoms with Crippen molar-refractivity contribution in [3.05, 3.63) is 47.5 Å². The van der Waals surface area contributed by atoms with Crippen LogP contribution in [0.25, 0.3) is 0 Å². The molecule has 0 aromatic heterocycles. The fourth-order valence-corrected chi connectivity index (χ4v) is 2.59. The van der Waals surface area contributed by atoms with Crippen molar-refractivity contribution in [1.82, 2.24) is 10.9 Å². The van der Waals surface area contributed by atoms with Crippen LogP contribution in [0.5, 0.6) is 17.2 Å². The fourth-order valence-electron chi connectivity index (χ4n) is 2.59. The summed E-state index contributed by atoms with van der Waals surface area (Å²) in [5.41, 5.74) is 6.59. The number of amides is 3. The number of anilines is 1. The molecule has 0 atom stereocenters. The Morgan fingerprint density at radius 1 is 0.862 bits per heavy atom. The van der Waals surface area contributed by atoms with Crippen LogP contribution in [0.1, 0.15) is 36.7 Å². The van der Waals surface area contributed by atoms with Crippen LogP contribution in [0.2, 0.25) is 0 Å². The lowest BCUT2D eigenvalue weighted by Gasteiger charge is -2.17. The Kier molecular flexibility index (Phi) is 8.14. The highest BCUT2D eigenvalue weighted by Gasteiger charge is 2.18. The van der Waals surface area contributed by atoms with Gasteiger partial charge in [0.1, 0.15) is 0 Å². The number of urea groups is 1. The standard InChI is InChI=1S/C21H27N3O5/c1-5-27-17-12-15(13-18(28-6-2)19(17)29-7-3)20(25)23-24-21(26)22-16-10-8-9-14(4)11-16/h8-13H,5-7H2,1-4H3,(H,23,25)(H2,22,24,26). The summed E-state index contributed by atoms with van der Waals surface area (Å²) in [5, 5.41) is 2.64. The highest BCUT2D eigenvalue weighted by atomic mass is 16.5. The molecule has 8 heteroatoms. The molecule has 0 unspecified atom stereocenters. The summed E-state index contributed by atoms with van der Waals surface area (Å²) in [4.78, 5) is 24.6. The quantitative estimate of drug-likeness (QED) is 0.587.